The second-order valence-electron chi connectivity index (χ2n) is 5.84. The molecule has 6 nitrogen and oxygen atoms in total. The van der Waals surface area contributed by atoms with Crippen molar-refractivity contribution in [2.24, 2.45) is 0 Å². The van der Waals surface area contributed by atoms with Gasteiger partial charge < -0.3 is 24.4 Å². The summed E-state index contributed by atoms with van der Waals surface area (Å²) >= 11 is 0. The lowest BCUT2D eigenvalue weighted by atomic mass is 10.2. The monoisotopic (exact) mass is 322 g/mol. The molecule has 2 atom stereocenters. The summed E-state index contributed by atoms with van der Waals surface area (Å²) in [5.74, 6) is 0. The number of hydrogen-bond acceptors (Lipinski definition) is 4. The molecule has 2 amide bonds. The number of carbonyl (C=O) groups is 1. The first kappa shape index (κ1) is 17.7. The summed E-state index contributed by atoms with van der Waals surface area (Å²) in [7, 11) is 1.65. The number of methoxy groups -OCH3 is 1. The molecule has 1 aliphatic heterocycles. The van der Waals surface area contributed by atoms with Gasteiger partial charge in [-0.2, -0.15) is 0 Å². The molecule has 6 heteroatoms. The van der Waals surface area contributed by atoms with Gasteiger partial charge in [0, 0.05) is 25.9 Å². The average Bonchev–Trinajstić information content (AvgIpc) is 2.51. The molecule has 1 fully saturated rings. The minimum absolute atomic E-state index is 0.0602. The Morgan fingerprint density at radius 2 is 2.04 bits per heavy atom. The fraction of sp³-hybridized carbons (Fsp3) is 0.588. The summed E-state index contributed by atoms with van der Waals surface area (Å²) in [6, 6.07) is 7.60. The van der Waals surface area contributed by atoms with Gasteiger partial charge in [0.2, 0.25) is 0 Å². The van der Waals surface area contributed by atoms with Gasteiger partial charge in [-0.3, -0.25) is 0 Å². The molecule has 23 heavy (non-hydrogen) atoms. The zero-order valence-corrected chi connectivity index (χ0v) is 14.1. The van der Waals surface area contributed by atoms with Crippen LogP contribution in [-0.4, -0.2) is 56.6 Å². The highest BCUT2D eigenvalue weighted by Crippen LogP contribution is 2.15. The average molecular weight is 322 g/mol. The van der Waals surface area contributed by atoms with Crippen LogP contribution in [0, 0.1) is 0 Å². The van der Waals surface area contributed by atoms with Gasteiger partial charge in [0.05, 0.1) is 32.0 Å². The summed E-state index contributed by atoms with van der Waals surface area (Å²) in [6.07, 6.45) is 0.120. The maximum absolute atomic E-state index is 12.4. The van der Waals surface area contributed by atoms with Gasteiger partial charge in [-0.15, -0.1) is 0 Å². The minimum atomic E-state index is -0.0931. The summed E-state index contributed by atoms with van der Waals surface area (Å²) in [4.78, 5) is 14.2. The van der Waals surface area contributed by atoms with Crippen molar-refractivity contribution in [2.45, 2.75) is 32.7 Å². The van der Waals surface area contributed by atoms with Crippen molar-refractivity contribution in [2.75, 3.05) is 38.7 Å². The first-order valence-electron chi connectivity index (χ1n) is 7.95. The van der Waals surface area contributed by atoms with Gasteiger partial charge in [-0.1, -0.05) is 12.1 Å². The van der Waals surface area contributed by atoms with Crippen molar-refractivity contribution in [3.63, 3.8) is 0 Å². The second kappa shape index (κ2) is 8.86. The number of rotatable bonds is 6. The molecule has 128 valence electrons. The number of nitrogens with one attached hydrogen (secondary N) is 1. The van der Waals surface area contributed by atoms with Crippen LogP contribution in [0.1, 0.15) is 19.4 Å². The Kier molecular flexibility index (Phi) is 6.83. The van der Waals surface area contributed by atoms with E-state index in [4.69, 9.17) is 14.2 Å². The number of morpholine rings is 1. The highest BCUT2D eigenvalue weighted by molar-refractivity contribution is 5.89. The van der Waals surface area contributed by atoms with Gasteiger partial charge in [0.1, 0.15) is 0 Å². The Morgan fingerprint density at radius 3 is 2.74 bits per heavy atom. The van der Waals surface area contributed by atoms with Crippen molar-refractivity contribution >= 4 is 11.7 Å². The molecule has 1 aliphatic rings. The smallest absolute Gasteiger partial charge is 0.322 e. The Morgan fingerprint density at radius 1 is 1.30 bits per heavy atom. The van der Waals surface area contributed by atoms with E-state index >= 15 is 0 Å². The Balaban J connectivity index is 1.88. The van der Waals surface area contributed by atoms with E-state index in [0.717, 1.165) is 11.3 Å². The highest BCUT2D eigenvalue weighted by atomic mass is 16.5. The van der Waals surface area contributed by atoms with Crippen molar-refractivity contribution in [3.8, 4) is 0 Å². The van der Waals surface area contributed by atoms with Crippen molar-refractivity contribution in [1.82, 2.24) is 4.90 Å². The predicted molar refractivity (Wildman–Crippen MR) is 88.6 cm³/mol. The van der Waals surface area contributed by atoms with Crippen LogP contribution in [0.15, 0.2) is 24.3 Å². The lowest BCUT2D eigenvalue weighted by Gasteiger charge is -2.35. The summed E-state index contributed by atoms with van der Waals surface area (Å²) in [6.45, 7) is 6.80. The van der Waals surface area contributed by atoms with E-state index in [-0.39, 0.29) is 18.2 Å². The largest absolute Gasteiger partial charge is 0.382 e. The standard InChI is InChI=1S/C17H26N2O4/c1-13-10-19(11-14(2)23-13)17(20)18-16-6-4-5-15(9-16)12-22-8-7-21-3/h4-6,9,13-14H,7-8,10-12H2,1-3H3,(H,18,20)/t13-,14+. The quantitative estimate of drug-likeness (QED) is 0.818. The zero-order chi connectivity index (χ0) is 16.7. The predicted octanol–water partition coefficient (Wildman–Crippen LogP) is 2.49. The third-order valence-corrected chi connectivity index (χ3v) is 3.59. The van der Waals surface area contributed by atoms with Gasteiger partial charge >= 0.3 is 6.03 Å². The van der Waals surface area contributed by atoms with Crippen molar-refractivity contribution in [1.29, 1.82) is 0 Å². The zero-order valence-electron chi connectivity index (χ0n) is 14.1. The Hall–Kier alpha value is -1.63. The highest BCUT2D eigenvalue weighted by Gasteiger charge is 2.25. The molecule has 1 aromatic carbocycles. The maximum atomic E-state index is 12.4. The van der Waals surface area contributed by atoms with Crippen LogP contribution >= 0.6 is 0 Å². The Bertz CT molecular complexity index is 499. The van der Waals surface area contributed by atoms with E-state index in [0.29, 0.717) is 32.9 Å². The van der Waals surface area contributed by atoms with Gasteiger partial charge in [-0.05, 0) is 31.5 Å². The first-order valence-corrected chi connectivity index (χ1v) is 7.95. The second-order valence-corrected chi connectivity index (χ2v) is 5.84. The fourth-order valence-corrected chi connectivity index (χ4v) is 2.62. The number of anilines is 1. The number of hydrogen-bond donors (Lipinski definition) is 1. The molecule has 0 bridgehead atoms. The minimum Gasteiger partial charge on any atom is -0.382 e. The Labute approximate surface area is 137 Å². The van der Waals surface area contributed by atoms with E-state index in [9.17, 15) is 4.79 Å². The lowest BCUT2D eigenvalue weighted by molar-refractivity contribution is -0.0530. The summed E-state index contributed by atoms with van der Waals surface area (Å²) in [5, 5.41) is 2.95. The molecule has 1 N–H and O–H groups in total. The third kappa shape index (κ3) is 5.82. The topological polar surface area (TPSA) is 60.0 Å². The van der Waals surface area contributed by atoms with Crippen molar-refractivity contribution < 1.29 is 19.0 Å². The number of nitrogens with zero attached hydrogens (tertiary/aromatic N) is 1. The van der Waals surface area contributed by atoms with Crippen LogP contribution < -0.4 is 5.32 Å². The van der Waals surface area contributed by atoms with Gasteiger partial charge in [0.25, 0.3) is 0 Å². The van der Waals surface area contributed by atoms with Crippen LogP contribution in [0.25, 0.3) is 0 Å². The van der Waals surface area contributed by atoms with E-state index in [1.807, 2.05) is 38.1 Å². The number of ether oxygens (including phenoxy) is 3. The molecule has 0 saturated carbocycles. The van der Waals surface area contributed by atoms with E-state index in [1.54, 1.807) is 12.0 Å². The van der Waals surface area contributed by atoms with Crippen LogP contribution in [0.5, 0.6) is 0 Å². The molecule has 1 heterocycles. The summed E-state index contributed by atoms with van der Waals surface area (Å²) in [5.41, 5.74) is 1.79. The molecule has 0 radical (unpaired) electrons. The van der Waals surface area contributed by atoms with Crippen LogP contribution in [0.2, 0.25) is 0 Å². The summed E-state index contributed by atoms with van der Waals surface area (Å²) < 4.78 is 16.1. The van der Waals surface area contributed by atoms with Crippen LogP contribution in [-0.2, 0) is 20.8 Å². The fourth-order valence-electron chi connectivity index (χ4n) is 2.62. The van der Waals surface area contributed by atoms with Gasteiger partial charge in [0.15, 0.2) is 0 Å². The molecule has 0 aromatic heterocycles. The molecule has 0 aliphatic carbocycles. The third-order valence-electron chi connectivity index (χ3n) is 3.59. The van der Waals surface area contributed by atoms with E-state index in [2.05, 4.69) is 5.32 Å². The first-order chi connectivity index (χ1) is 11.1. The molecular weight excluding hydrogens is 296 g/mol. The molecule has 2 rings (SSSR count). The number of benzene rings is 1. The lowest BCUT2D eigenvalue weighted by Crippen LogP contribution is -2.49. The molecular formula is C17H26N2O4. The number of carbonyl (C=O) groups excluding carboxylic acids is 1. The number of urea groups is 1. The van der Waals surface area contributed by atoms with Crippen molar-refractivity contribution in [3.05, 3.63) is 29.8 Å². The maximum Gasteiger partial charge on any atom is 0.322 e. The molecule has 0 unspecified atom stereocenters. The van der Waals surface area contributed by atoms with E-state index in [1.165, 1.54) is 0 Å². The molecule has 1 aromatic rings. The number of amides is 2. The molecule has 1 saturated heterocycles. The van der Waals surface area contributed by atoms with Gasteiger partial charge in [-0.25, -0.2) is 4.79 Å². The van der Waals surface area contributed by atoms with E-state index < -0.39 is 0 Å². The van der Waals surface area contributed by atoms with Crippen LogP contribution in [0.3, 0.4) is 0 Å². The normalized spacial score (nSPS) is 21.3. The molecule has 0 spiro atoms. The van der Waals surface area contributed by atoms with Crippen LogP contribution in [0.4, 0.5) is 10.5 Å². The SMILES string of the molecule is COCCOCc1cccc(NC(=O)N2C[C@@H](C)O[C@@H](C)C2)c1.